The van der Waals surface area contributed by atoms with E-state index in [0.717, 1.165) is 27.8 Å². The smallest absolute Gasteiger partial charge is 0.162 e. The van der Waals surface area contributed by atoms with Gasteiger partial charge in [-0.15, -0.1) is 0 Å². The second-order valence-electron chi connectivity index (χ2n) is 4.97. The van der Waals surface area contributed by atoms with Crippen molar-refractivity contribution in [1.29, 1.82) is 0 Å². The first kappa shape index (κ1) is 15.2. The third-order valence-electron chi connectivity index (χ3n) is 3.51. The van der Waals surface area contributed by atoms with Crippen LogP contribution >= 0.6 is 31.9 Å². The van der Waals surface area contributed by atoms with Gasteiger partial charge in [0.25, 0.3) is 0 Å². The zero-order valence-corrected chi connectivity index (χ0v) is 14.8. The van der Waals surface area contributed by atoms with Crippen molar-refractivity contribution in [3.63, 3.8) is 0 Å². The predicted molar refractivity (Wildman–Crippen MR) is 85.4 cm³/mol. The molecule has 0 heterocycles. The van der Waals surface area contributed by atoms with Gasteiger partial charge >= 0.3 is 0 Å². The van der Waals surface area contributed by atoms with Crippen LogP contribution < -0.4 is 9.47 Å². The molecule has 106 valence electrons. The van der Waals surface area contributed by atoms with E-state index in [9.17, 15) is 0 Å². The van der Waals surface area contributed by atoms with Gasteiger partial charge in [0, 0.05) is 9.30 Å². The van der Waals surface area contributed by atoms with Crippen molar-refractivity contribution in [2.24, 2.45) is 11.8 Å². The molecule has 0 spiro atoms. The highest BCUT2D eigenvalue weighted by atomic mass is 79.9. The van der Waals surface area contributed by atoms with Crippen LogP contribution in [0.15, 0.2) is 16.6 Å². The molecule has 1 aliphatic rings. The molecule has 3 unspecified atom stereocenters. The molecule has 2 nitrogen and oxygen atoms in total. The lowest BCUT2D eigenvalue weighted by Gasteiger charge is -2.17. The largest absolute Gasteiger partial charge is 0.490 e. The molecule has 0 radical (unpaired) electrons. The number of alkyl halides is 1. The fourth-order valence-corrected chi connectivity index (χ4v) is 4.28. The molecule has 19 heavy (non-hydrogen) atoms. The third kappa shape index (κ3) is 3.46. The Kier molecular flexibility index (Phi) is 5.18. The van der Waals surface area contributed by atoms with Gasteiger partial charge in [-0.1, -0.05) is 38.8 Å². The number of hydrogen-bond donors (Lipinski definition) is 0. The summed E-state index contributed by atoms with van der Waals surface area (Å²) in [5.41, 5.74) is 1.25. The molecular weight excluding hydrogens is 372 g/mol. The van der Waals surface area contributed by atoms with E-state index in [1.165, 1.54) is 12.0 Å². The summed E-state index contributed by atoms with van der Waals surface area (Å²) >= 11 is 7.48. The summed E-state index contributed by atoms with van der Waals surface area (Å²) in [6.45, 7) is 7.56. The van der Waals surface area contributed by atoms with E-state index in [-0.39, 0.29) is 0 Å². The number of halogens is 2. The highest BCUT2D eigenvalue weighted by molar-refractivity contribution is 9.11. The molecule has 2 rings (SSSR count). The SMILES string of the molecule is CCOc1cc(Br)c(C(Br)C2CC2C)cc1OCC. The fourth-order valence-electron chi connectivity index (χ4n) is 2.29. The highest BCUT2D eigenvalue weighted by Gasteiger charge is 2.39. The molecule has 3 atom stereocenters. The van der Waals surface area contributed by atoms with Gasteiger partial charge in [-0.25, -0.2) is 0 Å². The Hall–Kier alpha value is -0.220. The summed E-state index contributed by atoms with van der Waals surface area (Å²) in [4.78, 5) is 0.381. The normalized spacial score (nSPS) is 23.0. The van der Waals surface area contributed by atoms with Crippen LogP contribution in [0.4, 0.5) is 0 Å². The van der Waals surface area contributed by atoms with Crippen LogP contribution in [-0.2, 0) is 0 Å². The highest BCUT2D eigenvalue weighted by Crippen LogP contribution is 2.53. The Morgan fingerprint density at radius 3 is 2.21 bits per heavy atom. The monoisotopic (exact) mass is 390 g/mol. The number of rotatable bonds is 6. The molecule has 1 aromatic carbocycles. The zero-order valence-electron chi connectivity index (χ0n) is 11.6. The Morgan fingerprint density at radius 2 is 1.74 bits per heavy atom. The second kappa shape index (κ2) is 6.49. The Bertz CT molecular complexity index is 448. The van der Waals surface area contributed by atoms with Crippen molar-refractivity contribution in [3.8, 4) is 11.5 Å². The summed E-state index contributed by atoms with van der Waals surface area (Å²) in [5.74, 6) is 3.17. The van der Waals surface area contributed by atoms with Gasteiger partial charge in [0.05, 0.1) is 13.2 Å². The lowest BCUT2D eigenvalue weighted by atomic mass is 10.1. The van der Waals surface area contributed by atoms with Crippen LogP contribution in [0, 0.1) is 11.8 Å². The number of ether oxygens (including phenoxy) is 2. The van der Waals surface area contributed by atoms with Crippen LogP contribution in [0.2, 0.25) is 0 Å². The van der Waals surface area contributed by atoms with Crippen molar-refractivity contribution >= 4 is 31.9 Å². The average molecular weight is 392 g/mol. The van der Waals surface area contributed by atoms with Gasteiger partial charge in [0.15, 0.2) is 11.5 Å². The van der Waals surface area contributed by atoms with Crippen LogP contribution in [0.3, 0.4) is 0 Å². The first-order valence-corrected chi connectivity index (χ1v) is 8.52. The quantitative estimate of drug-likeness (QED) is 0.609. The topological polar surface area (TPSA) is 18.5 Å². The zero-order chi connectivity index (χ0) is 14.0. The fraction of sp³-hybridized carbons (Fsp3) is 0.600. The van der Waals surface area contributed by atoms with Crippen LogP contribution in [-0.4, -0.2) is 13.2 Å². The molecule has 1 fully saturated rings. The maximum Gasteiger partial charge on any atom is 0.162 e. The molecule has 0 saturated heterocycles. The van der Waals surface area contributed by atoms with Crippen molar-refractivity contribution < 1.29 is 9.47 Å². The summed E-state index contributed by atoms with van der Waals surface area (Å²) in [5, 5.41) is 0. The molecule has 0 bridgehead atoms. The lowest BCUT2D eigenvalue weighted by molar-refractivity contribution is 0.287. The van der Waals surface area contributed by atoms with E-state index < -0.39 is 0 Å². The Morgan fingerprint density at radius 1 is 1.21 bits per heavy atom. The second-order valence-corrected chi connectivity index (χ2v) is 6.81. The average Bonchev–Trinajstić information content (AvgIpc) is 3.09. The van der Waals surface area contributed by atoms with Gasteiger partial charge in [0.2, 0.25) is 0 Å². The van der Waals surface area contributed by atoms with Crippen molar-refractivity contribution in [2.75, 3.05) is 13.2 Å². The molecule has 0 amide bonds. The van der Waals surface area contributed by atoms with Crippen molar-refractivity contribution in [1.82, 2.24) is 0 Å². The molecular formula is C15H20Br2O2. The Labute approximate surface area is 132 Å². The first-order chi connectivity index (χ1) is 9.08. The standard InChI is InChI=1S/C15H20Br2O2/c1-4-18-13-7-11(15(17)10-6-9(10)3)12(16)8-14(13)19-5-2/h7-10,15H,4-6H2,1-3H3. The summed E-state index contributed by atoms with van der Waals surface area (Å²) in [6.07, 6.45) is 1.29. The molecule has 0 aliphatic heterocycles. The predicted octanol–water partition coefficient (Wildman–Crippen LogP) is 5.34. The van der Waals surface area contributed by atoms with Gasteiger partial charge in [-0.2, -0.15) is 0 Å². The summed E-state index contributed by atoms with van der Waals surface area (Å²) in [7, 11) is 0. The Balaban J connectivity index is 2.30. The van der Waals surface area contributed by atoms with E-state index in [1.54, 1.807) is 0 Å². The van der Waals surface area contributed by atoms with E-state index in [4.69, 9.17) is 9.47 Å². The molecule has 0 aromatic heterocycles. The number of benzene rings is 1. The van der Waals surface area contributed by atoms with E-state index >= 15 is 0 Å². The minimum Gasteiger partial charge on any atom is -0.490 e. The van der Waals surface area contributed by atoms with E-state index in [2.05, 4.69) is 44.8 Å². The molecule has 1 aromatic rings. The summed E-state index contributed by atoms with van der Waals surface area (Å²) < 4.78 is 12.4. The van der Waals surface area contributed by atoms with Crippen LogP contribution in [0.25, 0.3) is 0 Å². The van der Waals surface area contributed by atoms with E-state index in [0.29, 0.717) is 18.0 Å². The molecule has 1 saturated carbocycles. The third-order valence-corrected chi connectivity index (χ3v) is 5.37. The van der Waals surface area contributed by atoms with Crippen molar-refractivity contribution in [3.05, 3.63) is 22.2 Å². The van der Waals surface area contributed by atoms with Crippen molar-refractivity contribution in [2.45, 2.75) is 32.0 Å². The lowest BCUT2D eigenvalue weighted by Crippen LogP contribution is -2.02. The van der Waals surface area contributed by atoms with Gasteiger partial charge in [-0.05, 0) is 49.8 Å². The summed E-state index contributed by atoms with van der Waals surface area (Å²) in [6, 6.07) is 4.12. The number of hydrogen-bond acceptors (Lipinski definition) is 2. The first-order valence-electron chi connectivity index (χ1n) is 6.81. The van der Waals surface area contributed by atoms with Crippen LogP contribution in [0.1, 0.15) is 37.6 Å². The van der Waals surface area contributed by atoms with Gasteiger partial charge < -0.3 is 9.47 Å². The minimum atomic E-state index is 0.381. The molecule has 4 heteroatoms. The van der Waals surface area contributed by atoms with Crippen LogP contribution in [0.5, 0.6) is 11.5 Å². The van der Waals surface area contributed by atoms with Gasteiger partial charge in [0.1, 0.15) is 0 Å². The molecule has 0 N–H and O–H groups in total. The maximum atomic E-state index is 5.70. The van der Waals surface area contributed by atoms with Gasteiger partial charge in [-0.3, -0.25) is 0 Å². The minimum absolute atomic E-state index is 0.381. The van der Waals surface area contributed by atoms with E-state index in [1.807, 2.05) is 19.9 Å². The maximum absolute atomic E-state index is 5.70. The molecule has 1 aliphatic carbocycles.